The van der Waals surface area contributed by atoms with E-state index in [-0.39, 0.29) is 12.6 Å². The molecule has 4 aromatic carbocycles. The Hall–Kier alpha value is -4.38. The summed E-state index contributed by atoms with van der Waals surface area (Å²) in [5.74, 6) is -0.709. The number of rotatable bonds is 10. The summed E-state index contributed by atoms with van der Waals surface area (Å²) in [6.07, 6.45) is 0.295. The van der Waals surface area contributed by atoms with E-state index < -0.39 is 11.9 Å². The first-order valence-electron chi connectivity index (χ1n) is 11.8. The molecule has 36 heavy (non-hydrogen) atoms. The van der Waals surface area contributed by atoms with Gasteiger partial charge in [-0.3, -0.25) is 4.79 Å². The van der Waals surface area contributed by atoms with Crippen LogP contribution < -0.4 is 4.74 Å². The lowest BCUT2D eigenvalue weighted by Crippen LogP contribution is -2.20. The van der Waals surface area contributed by atoms with Gasteiger partial charge in [0.2, 0.25) is 0 Å². The monoisotopic (exact) mass is 480 g/mol. The summed E-state index contributed by atoms with van der Waals surface area (Å²) in [7, 11) is 1.35. The standard InChI is InChI=1S/C31H28O5/c1-34-30(32)28-15-9-8-14-26(28)20-29(31(33)36-22-24-12-6-3-7-13-24)25-16-18-27(19-17-25)35-21-23-10-4-2-5-11-23/h2-19,29H,20-22H2,1H3. The molecule has 0 aliphatic carbocycles. The maximum Gasteiger partial charge on any atom is 0.338 e. The largest absolute Gasteiger partial charge is 0.489 e. The second-order valence-corrected chi connectivity index (χ2v) is 8.34. The van der Waals surface area contributed by atoms with Crippen molar-refractivity contribution in [3.8, 4) is 5.75 Å². The zero-order valence-electron chi connectivity index (χ0n) is 20.1. The Bertz CT molecular complexity index is 1270. The van der Waals surface area contributed by atoms with Crippen LogP contribution in [0.2, 0.25) is 0 Å². The van der Waals surface area contributed by atoms with E-state index in [0.717, 1.165) is 22.3 Å². The summed E-state index contributed by atoms with van der Waals surface area (Å²) in [4.78, 5) is 25.6. The molecular formula is C31H28O5. The summed E-state index contributed by atoms with van der Waals surface area (Å²) in [6, 6.07) is 34.1. The van der Waals surface area contributed by atoms with Crippen molar-refractivity contribution in [2.75, 3.05) is 7.11 Å². The molecule has 0 bridgehead atoms. The Kier molecular flexibility index (Phi) is 8.49. The van der Waals surface area contributed by atoms with Gasteiger partial charge in [0.15, 0.2) is 0 Å². The molecule has 5 nitrogen and oxygen atoms in total. The predicted octanol–water partition coefficient (Wildman–Crippen LogP) is 6.12. The Morgan fingerprint density at radius 1 is 0.694 bits per heavy atom. The van der Waals surface area contributed by atoms with Gasteiger partial charge >= 0.3 is 11.9 Å². The zero-order chi connectivity index (χ0) is 25.2. The number of hydrogen-bond donors (Lipinski definition) is 0. The third-order valence-corrected chi connectivity index (χ3v) is 5.89. The predicted molar refractivity (Wildman–Crippen MR) is 138 cm³/mol. The molecule has 0 saturated carbocycles. The first kappa shape index (κ1) is 24.7. The number of esters is 2. The molecule has 0 N–H and O–H groups in total. The van der Waals surface area contributed by atoms with Crippen molar-refractivity contribution in [3.63, 3.8) is 0 Å². The minimum absolute atomic E-state index is 0.174. The smallest absolute Gasteiger partial charge is 0.338 e. The molecule has 1 unspecified atom stereocenters. The summed E-state index contributed by atoms with van der Waals surface area (Å²) >= 11 is 0. The SMILES string of the molecule is COC(=O)c1ccccc1CC(C(=O)OCc1ccccc1)c1ccc(OCc2ccccc2)cc1. The average Bonchev–Trinajstić information content (AvgIpc) is 2.95. The van der Waals surface area contributed by atoms with Crippen LogP contribution in [0.25, 0.3) is 0 Å². The third-order valence-electron chi connectivity index (χ3n) is 5.89. The number of carbonyl (C=O) groups is 2. The Balaban J connectivity index is 1.54. The summed E-state index contributed by atoms with van der Waals surface area (Å²) in [5.41, 5.74) is 3.91. The Morgan fingerprint density at radius 3 is 1.92 bits per heavy atom. The van der Waals surface area contributed by atoms with E-state index in [1.165, 1.54) is 7.11 Å². The van der Waals surface area contributed by atoms with Gasteiger partial charge < -0.3 is 14.2 Å². The number of methoxy groups -OCH3 is 1. The van der Waals surface area contributed by atoms with E-state index in [2.05, 4.69) is 0 Å². The molecule has 182 valence electrons. The van der Waals surface area contributed by atoms with Crippen molar-refractivity contribution in [2.45, 2.75) is 25.6 Å². The van der Waals surface area contributed by atoms with Crippen LogP contribution in [0.1, 0.15) is 38.5 Å². The van der Waals surface area contributed by atoms with Crippen LogP contribution >= 0.6 is 0 Å². The summed E-state index contributed by atoms with van der Waals surface area (Å²) < 4.78 is 16.5. The second-order valence-electron chi connectivity index (χ2n) is 8.34. The topological polar surface area (TPSA) is 61.8 Å². The molecule has 1 atom stereocenters. The second kappa shape index (κ2) is 12.4. The molecule has 0 aliphatic heterocycles. The highest BCUT2D eigenvalue weighted by Crippen LogP contribution is 2.27. The molecule has 0 saturated heterocycles. The van der Waals surface area contributed by atoms with Crippen LogP contribution in [-0.4, -0.2) is 19.0 Å². The molecule has 0 heterocycles. The highest BCUT2D eigenvalue weighted by molar-refractivity contribution is 5.91. The molecule has 4 rings (SSSR count). The summed E-state index contributed by atoms with van der Waals surface area (Å²) in [5, 5.41) is 0. The van der Waals surface area contributed by atoms with Gasteiger partial charge in [-0.05, 0) is 46.9 Å². The van der Waals surface area contributed by atoms with Crippen molar-refractivity contribution in [2.24, 2.45) is 0 Å². The molecule has 0 fully saturated rings. The van der Waals surface area contributed by atoms with E-state index in [0.29, 0.717) is 24.3 Å². The fraction of sp³-hybridized carbons (Fsp3) is 0.161. The maximum absolute atomic E-state index is 13.3. The first-order valence-corrected chi connectivity index (χ1v) is 11.8. The van der Waals surface area contributed by atoms with Gasteiger partial charge in [0.25, 0.3) is 0 Å². The number of hydrogen-bond acceptors (Lipinski definition) is 5. The number of carbonyl (C=O) groups excluding carboxylic acids is 2. The average molecular weight is 481 g/mol. The van der Waals surface area contributed by atoms with E-state index >= 15 is 0 Å². The molecule has 0 spiro atoms. The number of ether oxygens (including phenoxy) is 3. The van der Waals surface area contributed by atoms with E-state index in [1.54, 1.807) is 12.1 Å². The van der Waals surface area contributed by atoms with Crippen LogP contribution in [0.3, 0.4) is 0 Å². The maximum atomic E-state index is 13.3. The lowest BCUT2D eigenvalue weighted by Gasteiger charge is -2.19. The van der Waals surface area contributed by atoms with Crippen molar-refractivity contribution >= 4 is 11.9 Å². The molecule has 4 aromatic rings. The highest BCUT2D eigenvalue weighted by atomic mass is 16.5. The van der Waals surface area contributed by atoms with Gasteiger partial charge in [-0.1, -0.05) is 91.0 Å². The van der Waals surface area contributed by atoms with Crippen molar-refractivity contribution < 1.29 is 23.8 Å². The van der Waals surface area contributed by atoms with Crippen molar-refractivity contribution in [3.05, 3.63) is 137 Å². The van der Waals surface area contributed by atoms with Gasteiger partial charge in [0.1, 0.15) is 19.0 Å². The highest BCUT2D eigenvalue weighted by Gasteiger charge is 2.25. The van der Waals surface area contributed by atoms with Gasteiger partial charge in [0, 0.05) is 0 Å². The van der Waals surface area contributed by atoms with Crippen molar-refractivity contribution in [1.82, 2.24) is 0 Å². The molecule has 0 aliphatic rings. The fourth-order valence-corrected chi connectivity index (χ4v) is 3.93. The van der Waals surface area contributed by atoms with Crippen LogP contribution in [0.4, 0.5) is 0 Å². The number of benzene rings is 4. The molecule has 0 radical (unpaired) electrons. The Morgan fingerprint density at radius 2 is 1.28 bits per heavy atom. The molecule has 5 heteroatoms. The van der Waals surface area contributed by atoms with E-state index in [9.17, 15) is 9.59 Å². The van der Waals surface area contributed by atoms with Crippen LogP contribution in [-0.2, 0) is 33.9 Å². The van der Waals surface area contributed by atoms with Gasteiger partial charge in [0.05, 0.1) is 18.6 Å². The van der Waals surface area contributed by atoms with Crippen molar-refractivity contribution in [1.29, 1.82) is 0 Å². The van der Waals surface area contributed by atoms with Crippen LogP contribution in [0.5, 0.6) is 5.75 Å². The third kappa shape index (κ3) is 6.60. The zero-order valence-corrected chi connectivity index (χ0v) is 20.1. The quantitative estimate of drug-likeness (QED) is 0.256. The fourth-order valence-electron chi connectivity index (χ4n) is 3.93. The minimum Gasteiger partial charge on any atom is -0.489 e. The normalized spacial score (nSPS) is 11.4. The lowest BCUT2D eigenvalue weighted by molar-refractivity contribution is -0.146. The van der Waals surface area contributed by atoms with E-state index in [4.69, 9.17) is 14.2 Å². The Labute approximate surface area is 211 Å². The van der Waals surface area contributed by atoms with Crippen LogP contribution in [0.15, 0.2) is 109 Å². The van der Waals surface area contributed by atoms with Gasteiger partial charge in [-0.25, -0.2) is 4.79 Å². The molecule has 0 amide bonds. The first-order chi connectivity index (χ1) is 17.6. The molecular weight excluding hydrogens is 452 g/mol. The summed E-state index contributed by atoms with van der Waals surface area (Å²) in [6.45, 7) is 0.627. The van der Waals surface area contributed by atoms with Crippen LogP contribution in [0, 0.1) is 0 Å². The van der Waals surface area contributed by atoms with Gasteiger partial charge in [-0.2, -0.15) is 0 Å². The molecule has 0 aromatic heterocycles. The van der Waals surface area contributed by atoms with E-state index in [1.807, 2.05) is 97.1 Å². The van der Waals surface area contributed by atoms with Gasteiger partial charge in [-0.15, -0.1) is 0 Å². The lowest BCUT2D eigenvalue weighted by atomic mass is 9.90. The minimum atomic E-state index is -0.609.